The molecule has 2 aromatic rings. The van der Waals surface area contributed by atoms with Crippen LogP contribution < -0.4 is 4.72 Å². The van der Waals surface area contributed by atoms with Crippen LogP contribution in [0.5, 0.6) is 0 Å². The molecule has 6 nitrogen and oxygen atoms in total. The third-order valence-corrected chi connectivity index (χ3v) is 6.24. The molecular formula is C15H19NO5S2. The summed E-state index contributed by atoms with van der Waals surface area (Å²) in [6, 6.07) is 1.46. The molecule has 0 aliphatic heterocycles. The van der Waals surface area contributed by atoms with Crippen LogP contribution in [0, 0.1) is 27.7 Å². The van der Waals surface area contributed by atoms with Gasteiger partial charge in [0.15, 0.2) is 0 Å². The van der Waals surface area contributed by atoms with Gasteiger partial charge in [-0.2, -0.15) is 0 Å². The van der Waals surface area contributed by atoms with E-state index in [2.05, 4.69) is 4.72 Å². The van der Waals surface area contributed by atoms with Gasteiger partial charge in [-0.25, -0.2) is 17.9 Å². The van der Waals surface area contributed by atoms with Crippen LogP contribution in [0.25, 0.3) is 0 Å². The number of thiophene rings is 1. The smallest absolute Gasteiger partial charge is 0.340 e. The van der Waals surface area contributed by atoms with Crippen molar-refractivity contribution in [3.8, 4) is 0 Å². The van der Waals surface area contributed by atoms with E-state index in [9.17, 15) is 18.3 Å². The van der Waals surface area contributed by atoms with Crippen molar-refractivity contribution >= 4 is 27.3 Å². The van der Waals surface area contributed by atoms with Crippen molar-refractivity contribution in [3.05, 3.63) is 38.5 Å². The molecule has 0 saturated heterocycles. The van der Waals surface area contributed by atoms with Crippen molar-refractivity contribution in [3.63, 3.8) is 0 Å². The van der Waals surface area contributed by atoms with Crippen LogP contribution in [0.2, 0.25) is 0 Å². The number of aromatic carboxylic acids is 1. The number of nitrogens with one attached hydrogen (secondary N) is 1. The second-order valence-corrected chi connectivity index (χ2v) is 8.55. The Balaban J connectivity index is 2.44. The van der Waals surface area contributed by atoms with E-state index >= 15 is 0 Å². The fourth-order valence-electron chi connectivity index (χ4n) is 2.67. The van der Waals surface area contributed by atoms with Crippen molar-refractivity contribution in [1.29, 1.82) is 0 Å². The van der Waals surface area contributed by atoms with Crippen LogP contribution in [-0.2, 0) is 10.0 Å². The van der Waals surface area contributed by atoms with E-state index in [1.165, 1.54) is 13.8 Å². The average Bonchev–Trinajstić information content (AvgIpc) is 2.88. The Morgan fingerprint density at radius 2 is 1.87 bits per heavy atom. The molecule has 0 spiro atoms. The summed E-state index contributed by atoms with van der Waals surface area (Å²) in [6.07, 6.45) is 0. The highest BCUT2D eigenvalue weighted by atomic mass is 32.2. The van der Waals surface area contributed by atoms with Crippen molar-refractivity contribution in [1.82, 2.24) is 4.72 Å². The number of hydrogen-bond donors (Lipinski definition) is 2. The number of hydrogen-bond acceptors (Lipinski definition) is 5. The summed E-state index contributed by atoms with van der Waals surface area (Å²) in [5.41, 5.74) is 0.561. The molecule has 0 amide bonds. The molecule has 1 unspecified atom stereocenters. The van der Waals surface area contributed by atoms with Gasteiger partial charge in [0.25, 0.3) is 0 Å². The quantitative estimate of drug-likeness (QED) is 0.856. The molecular weight excluding hydrogens is 338 g/mol. The lowest BCUT2D eigenvalue weighted by Crippen LogP contribution is -2.28. The predicted octanol–water partition coefficient (Wildman–Crippen LogP) is 3.31. The summed E-state index contributed by atoms with van der Waals surface area (Å²) in [7, 11) is -4.02. The molecule has 0 saturated carbocycles. The maximum atomic E-state index is 12.7. The molecule has 2 heterocycles. The van der Waals surface area contributed by atoms with Gasteiger partial charge < -0.3 is 9.52 Å². The van der Waals surface area contributed by atoms with Gasteiger partial charge in [-0.15, -0.1) is 11.3 Å². The molecule has 0 radical (unpaired) electrons. The fraction of sp³-hybridized carbons (Fsp3) is 0.400. The van der Waals surface area contributed by atoms with Gasteiger partial charge in [-0.05, 0) is 46.2 Å². The second-order valence-electron chi connectivity index (χ2n) is 5.44. The molecule has 2 N–H and O–H groups in total. The van der Waals surface area contributed by atoms with Gasteiger partial charge >= 0.3 is 5.97 Å². The standard InChI is InChI=1S/C15H19NO5S2/c1-7-6-12(11(5)22-7)8(2)16-23(19,20)14-10(4)21-9(3)13(14)15(17)18/h6,8,16H,1-5H3,(H,17,18). The molecule has 23 heavy (non-hydrogen) atoms. The van der Waals surface area contributed by atoms with Crippen molar-refractivity contribution in [2.75, 3.05) is 0 Å². The first kappa shape index (κ1) is 17.7. The van der Waals surface area contributed by atoms with Crippen molar-refractivity contribution < 1.29 is 22.7 Å². The Labute approximate surface area is 139 Å². The first-order chi connectivity index (χ1) is 10.5. The molecule has 1 atom stereocenters. The number of carboxylic acids is 1. The first-order valence-electron chi connectivity index (χ1n) is 6.97. The van der Waals surface area contributed by atoms with Crippen LogP contribution in [0.15, 0.2) is 15.4 Å². The highest BCUT2D eigenvalue weighted by molar-refractivity contribution is 7.89. The number of carbonyl (C=O) groups is 1. The van der Waals surface area contributed by atoms with Crippen LogP contribution in [0.3, 0.4) is 0 Å². The monoisotopic (exact) mass is 357 g/mol. The third kappa shape index (κ3) is 3.34. The SMILES string of the molecule is Cc1cc(C(C)NS(=O)(=O)c2c(C)oc(C)c2C(=O)O)c(C)s1. The minimum absolute atomic E-state index is 0.0674. The topological polar surface area (TPSA) is 96.6 Å². The minimum atomic E-state index is -4.02. The van der Waals surface area contributed by atoms with Gasteiger partial charge in [0.05, 0.1) is 0 Å². The zero-order valence-electron chi connectivity index (χ0n) is 13.6. The molecule has 0 aromatic carbocycles. The molecule has 126 valence electrons. The summed E-state index contributed by atoms with van der Waals surface area (Å²) < 4.78 is 33.1. The first-order valence-corrected chi connectivity index (χ1v) is 9.27. The minimum Gasteiger partial charge on any atom is -0.478 e. The van der Waals surface area contributed by atoms with Gasteiger partial charge in [0, 0.05) is 15.8 Å². The lowest BCUT2D eigenvalue weighted by molar-refractivity contribution is 0.0691. The Kier molecular flexibility index (Phi) is 4.70. The molecule has 0 bridgehead atoms. The number of furan rings is 1. The van der Waals surface area contributed by atoms with E-state index in [0.717, 1.165) is 15.3 Å². The lowest BCUT2D eigenvalue weighted by atomic mass is 10.1. The van der Waals surface area contributed by atoms with Gasteiger partial charge in [0.2, 0.25) is 10.0 Å². The zero-order valence-corrected chi connectivity index (χ0v) is 15.2. The maximum Gasteiger partial charge on any atom is 0.340 e. The van der Waals surface area contributed by atoms with E-state index in [1.54, 1.807) is 18.3 Å². The Hall–Kier alpha value is -1.64. The summed E-state index contributed by atoms with van der Waals surface area (Å²) in [4.78, 5) is 13.2. The highest BCUT2D eigenvalue weighted by Crippen LogP contribution is 2.30. The summed E-state index contributed by atoms with van der Waals surface area (Å²) >= 11 is 1.59. The molecule has 8 heteroatoms. The number of aryl methyl sites for hydroxylation is 4. The predicted molar refractivity (Wildman–Crippen MR) is 87.7 cm³/mol. The Morgan fingerprint density at radius 3 is 2.35 bits per heavy atom. The summed E-state index contributed by atoms with van der Waals surface area (Å²) in [5.74, 6) is -1.18. The summed E-state index contributed by atoms with van der Waals surface area (Å²) in [6.45, 7) is 8.49. The van der Waals surface area contributed by atoms with E-state index in [-0.39, 0.29) is 22.0 Å². The van der Waals surface area contributed by atoms with E-state index in [4.69, 9.17) is 4.42 Å². The average molecular weight is 357 g/mol. The van der Waals surface area contributed by atoms with E-state index in [1.807, 2.05) is 19.9 Å². The van der Waals surface area contributed by atoms with Crippen molar-refractivity contribution in [2.24, 2.45) is 0 Å². The second kappa shape index (κ2) is 6.10. The normalized spacial score (nSPS) is 13.3. The van der Waals surface area contributed by atoms with Crippen LogP contribution >= 0.6 is 11.3 Å². The van der Waals surface area contributed by atoms with Gasteiger partial charge in [-0.3, -0.25) is 0 Å². The fourth-order valence-corrected chi connectivity index (χ4v) is 5.32. The van der Waals surface area contributed by atoms with Gasteiger partial charge in [0.1, 0.15) is 22.0 Å². The number of sulfonamides is 1. The van der Waals surface area contributed by atoms with Crippen LogP contribution in [0.4, 0.5) is 0 Å². The van der Waals surface area contributed by atoms with Crippen LogP contribution in [-0.4, -0.2) is 19.5 Å². The molecule has 0 aliphatic carbocycles. The highest BCUT2D eigenvalue weighted by Gasteiger charge is 2.32. The molecule has 0 fully saturated rings. The maximum absolute atomic E-state index is 12.7. The lowest BCUT2D eigenvalue weighted by Gasteiger charge is -2.14. The van der Waals surface area contributed by atoms with E-state index < -0.39 is 22.0 Å². The van der Waals surface area contributed by atoms with Gasteiger partial charge in [-0.1, -0.05) is 0 Å². The number of carboxylic acid groups (broad SMARTS) is 1. The Morgan fingerprint density at radius 1 is 1.26 bits per heavy atom. The Bertz CT molecular complexity index is 861. The molecule has 0 aliphatic rings. The summed E-state index contributed by atoms with van der Waals surface area (Å²) in [5, 5.41) is 9.27. The third-order valence-electron chi connectivity index (χ3n) is 3.57. The van der Waals surface area contributed by atoms with Crippen LogP contribution in [0.1, 0.15) is 50.2 Å². The van der Waals surface area contributed by atoms with Crippen molar-refractivity contribution in [2.45, 2.75) is 45.6 Å². The molecule has 2 aromatic heterocycles. The van der Waals surface area contributed by atoms with E-state index in [0.29, 0.717) is 0 Å². The number of rotatable bonds is 5. The zero-order chi connectivity index (χ0) is 17.5. The largest absolute Gasteiger partial charge is 0.478 e. The molecule has 2 rings (SSSR count).